The highest BCUT2D eigenvalue weighted by Crippen LogP contribution is 2.35. The minimum absolute atomic E-state index is 0.556. The van der Waals surface area contributed by atoms with E-state index in [1.165, 1.54) is 32.1 Å². The number of nitrogens with two attached hydrogens (primary N) is 1. The fourth-order valence-electron chi connectivity index (χ4n) is 3.40. The molecule has 2 bridgehead atoms. The fraction of sp³-hybridized carbons (Fsp3) is 1.00. The molecule has 0 aromatic rings. The second-order valence-corrected chi connectivity index (χ2v) is 5.11. The Morgan fingerprint density at radius 1 is 1.21 bits per heavy atom. The molecule has 2 heterocycles. The van der Waals surface area contributed by atoms with Crippen LogP contribution in [0, 0.1) is 0 Å². The molecule has 3 N–H and O–H groups in total. The molecule has 0 amide bonds. The third kappa shape index (κ3) is 1.81. The third-order valence-electron chi connectivity index (χ3n) is 3.86. The van der Waals surface area contributed by atoms with Crippen LogP contribution in [0.5, 0.6) is 0 Å². The van der Waals surface area contributed by atoms with Crippen molar-refractivity contribution in [3.8, 4) is 0 Å². The summed E-state index contributed by atoms with van der Waals surface area (Å²) < 4.78 is 0. The Morgan fingerprint density at radius 2 is 1.79 bits per heavy atom. The van der Waals surface area contributed by atoms with Gasteiger partial charge in [-0.3, -0.25) is 16.2 Å². The lowest BCUT2D eigenvalue weighted by atomic mass is 9.81. The van der Waals surface area contributed by atoms with E-state index >= 15 is 0 Å². The van der Waals surface area contributed by atoms with Crippen molar-refractivity contribution in [1.82, 2.24) is 10.3 Å². The van der Waals surface area contributed by atoms with E-state index < -0.39 is 0 Å². The van der Waals surface area contributed by atoms with Crippen LogP contribution in [0.15, 0.2) is 0 Å². The van der Waals surface area contributed by atoms with Gasteiger partial charge in [0.25, 0.3) is 0 Å². The van der Waals surface area contributed by atoms with Crippen molar-refractivity contribution in [2.24, 2.45) is 5.84 Å². The van der Waals surface area contributed by atoms with Crippen molar-refractivity contribution in [3.05, 3.63) is 0 Å². The molecule has 2 unspecified atom stereocenters. The largest absolute Gasteiger partial charge is 0.295 e. The lowest BCUT2D eigenvalue weighted by Crippen LogP contribution is -2.59. The van der Waals surface area contributed by atoms with E-state index in [2.05, 4.69) is 24.2 Å². The first-order valence-electron chi connectivity index (χ1n) is 5.96. The zero-order chi connectivity index (χ0) is 10.1. The number of nitrogens with one attached hydrogen (secondary N) is 1. The van der Waals surface area contributed by atoms with Crippen molar-refractivity contribution < 1.29 is 0 Å². The Bertz CT molecular complexity index is 179. The summed E-state index contributed by atoms with van der Waals surface area (Å²) in [6.07, 6.45) is 6.63. The first-order valence-corrected chi connectivity index (χ1v) is 5.96. The van der Waals surface area contributed by atoms with E-state index in [1.54, 1.807) is 0 Å². The Morgan fingerprint density at radius 3 is 2.21 bits per heavy atom. The highest BCUT2D eigenvalue weighted by atomic mass is 15.3. The third-order valence-corrected chi connectivity index (χ3v) is 3.86. The Balaban J connectivity index is 2.07. The van der Waals surface area contributed by atoms with Gasteiger partial charge in [0.05, 0.1) is 0 Å². The van der Waals surface area contributed by atoms with E-state index in [1.807, 2.05) is 0 Å². The first-order chi connectivity index (χ1) is 6.72. The lowest BCUT2D eigenvalue weighted by Gasteiger charge is -2.50. The number of fused-ring (bicyclic) bond motifs is 2. The summed E-state index contributed by atoms with van der Waals surface area (Å²) in [6, 6.07) is 2.82. The number of hydrogen-bond acceptors (Lipinski definition) is 3. The van der Waals surface area contributed by atoms with Crippen LogP contribution in [0.25, 0.3) is 0 Å². The van der Waals surface area contributed by atoms with Crippen LogP contribution in [0.2, 0.25) is 0 Å². The molecule has 0 spiro atoms. The van der Waals surface area contributed by atoms with Crippen molar-refractivity contribution in [3.63, 3.8) is 0 Å². The molecule has 0 radical (unpaired) electrons. The number of rotatable bonds is 2. The molecule has 2 fully saturated rings. The zero-order valence-electron chi connectivity index (χ0n) is 9.37. The highest BCUT2D eigenvalue weighted by Gasteiger charge is 2.38. The molecule has 2 saturated heterocycles. The summed E-state index contributed by atoms with van der Waals surface area (Å²) in [5.41, 5.74) is 2.97. The smallest absolute Gasteiger partial charge is 0.0240 e. The second kappa shape index (κ2) is 4.17. The van der Waals surface area contributed by atoms with Crippen molar-refractivity contribution in [2.45, 2.75) is 70.1 Å². The topological polar surface area (TPSA) is 41.3 Å². The van der Waals surface area contributed by atoms with Crippen LogP contribution in [0.3, 0.4) is 0 Å². The number of nitrogens with zero attached hydrogens (tertiary/aromatic N) is 1. The Kier molecular flexibility index (Phi) is 3.10. The van der Waals surface area contributed by atoms with Gasteiger partial charge >= 0.3 is 0 Å². The molecule has 14 heavy (non-hydrogen) atoms. The van der Waals surface area contributed by atoms with Crippen molar-refractivity contribution in [1.29, 1.82) is 0 Å². The summed E-state index contributed by atoms with van der Waals surface area (Å²) in [5.74, 6) is 5.56. The summed E-state index contributed by atoms with van der Waals surface area (Å²) in [7, 11) is 0. The van der Waals surface area contributed by atoms with E-state index in [0.29, 0.717) is 12.1 Å². The molecule has 0 aliphatic carbocycles. The van der Waals surface area contributed by atoms with Gasteiger partial charge in [-0.2, -0.15) is 0 Å². The maximum absolute atomic E-state index is 5.56. The number of hydrogen-bond donors (Lipinski definition) is 2. The average molecular weight is 197 g/mol. The predicted octanol–water partition coefficient (Wildman–Crippen LogP) is 1.24. The Hall–Kier alpha value is -0.120. The SMILES string of the molecule is CC(C)N1C2CCCC1CC(NN)C2. The van der Waals surface area contributed by atoms with Crippen LogP contribution in [-0.4, -0.2) is 29.1 Å². The Labute approximate surface area is 87.0 Å². The minimum Gasteiger partial charge on any atom is -0.295 e. The molecule has 0 saturated carbocycles. The number of piperidine rings is 2. The molecular formula is C11H23N3. The van der Waals surface area contributed by atoms with Gasteiger partial charge in [0, 0.05) is 24.2 Å². The molecule has 2 rings (SSSR count). The molecular weight excluding hydrogens is 174 g/mol. The molecule has 2 aliphatic rings. The summed E-state index contributed by atoms with van der Waals surface area (Å²) >= 11 is 0. The van der Waals surface area contributed by atoms with Crippen molar-refractivity contribution >= 4 is 0 Å². The van der Waals surface area contributed by atoms with Crippen LogP contribution in [0.4, 0.5) is 0 Å². The van der Waals surface area contributed by atoms with Crippen LogP contribution in [-0.2, 0) is 0 Å². The fourth-order valence-corrected chi connectivity index (χ4v) is 3.40. The quantitative estimate of drug-likeness (QED) is 0.517. The lowest BCUT2D eigenvalue weighted by molar-refractivity contribution is 0.000218. The monoisotopic (exact) mass is 197 g/mol. The van der Waals surface area contributed by atoms with Crippen LogP contribution < -0.4 is 11.3 Å². The van der Waals surface area contributed by atoms with Gasteiger partial charge in [-0.1, -0.05) is 6.42 Å². The zero-order valence-corrected chi connectivity index (χ0v) is 9.37. The minimum atomic E-state index is 0.556. The van der Waals surface area contributed by atoms with E-state index in [-0.39, 0.29) is 0 Å². The van der Waals surface area contributed by atoms with Gasteiger partial charge < -0.3 is 0 Å². The first kappa shape index (κ1) is 10.4. The molecule has 0 aromatic heterocycles. The summed E-state index contributed by atoms with van der Waals surface area (Å²) in [5, 5.41) is 0. The highest BCUT2D eigenvalue weighted by molar-refractivity contribution is 4.95. The normalized spacial score (nSPS) is 39.0. The number of hydrazine groups is 1. The van der Waals surface area contributed by atoms with Gasteiger partial charge in [0.2, 0.25) is 0 Å². The van der Waals surface area contributed by atoms with Crippen LogP contribution >= 0.6 is 0 Å². The standard InChI is InChI=1S/C11H23N3/c1-8(2)14-10-4-3-5-11(14)7-9(6-10)13-12/h8-11,13H,3-7,12H2,1-2H3. The summed E-state index contributed by atoms with van der Waals surface area (Å²) in [6.45, 7) is 4.64. The molecule has 2 atom stereocenters. The van der Waals surface area contributed by atoms with E-state index in [4.69, 9.17) is 5.84 Å². The predicted molar refractivity (Wildman–Crippen MR) is 58.7 cm³/mol. The average Bonchev–Trinajstić information content (AvgIpc) is 2.15. The molecule has 0 aromatic carbocycles. The molecule has 82 valence electrons. The summed E-state index contributed by atoms with van der Waals surface area (Å²) in [4.78, 5) is 2.72. The van der Waals surface area contributed by atoms with Gasteiger partial charge in [0.1, 0.15) is 0 Å². The van der Waals surface area contributed by atoms with Crippen LogP contribution in [0.1, 0.15) is 46.0 Å². The van der Waals surface area contributed by atoms with E-state index in [9.17, 15) is 0 Å². The maximum Gasteiger partial charge on any atom is 0.0240 e. The van der Waals surface area contributed by atoms with E-state index in [0.717, 1.165) is 12.1 Å². The molecule has 2 aliphatic heterocycles. The van der Waals surface area contributed by atoms with Gasteiger partial charge in [-0.15, -0.1) is 0 Å². The van der Waals surface area contributed by atoms with Gasteiger partial charge in [0.15, 0.2) is 0 Å². The van der Waals surface area contributed by atoms with Crippen molar-refractivity contribution in [2.75, 3.05) is 0 Å². The molecule has 3 nitrogen and oxygen atoms in total. The second-order valence-electron chi connectivity index (χ2n) is 5.11. The van der Waals surface area contributed by atoms with Gasteiger partial charge in [-0.25, -0.2) is 0 Å². The molecule has 3 heteroatoms. The maximum atomic E-state index is 5.56. The van der Waals surface area contributed by atoms with Gasteiger partial charge in [-0.05, 0) is 39.5 Å².